The van der Waals surface area contributed by atoms with Gasteiger partial charge in [0.2, 0.25) is 0 Å². The van der Waals surface area contributed by atoms with Crippen molar-refractivity contribution in [1.82, 2.24) is 4.98 Å². The Morgan fingerprint density at radius 2 is 1.90 bits per heavy atom. The molecule has 1 heterocycles. The van der Waals surface area contributed by atoms with Gasteiger partial charge in [0.1, 0.15) is 0 Å². The molecule has 1 aromatic heterocycles. The Hall–Kier alpha value is -1.39. The molecule has 0 saturated carbocycles. The van der Waals surface area contributed by atoms with Crippen molar-refractivity contribution in [3.05, 3.63) is 58.1 Å². The summed E-state index contributed by atoms with van der Waals surface area (Å²) < 4.78 is 2.29. The molecule has 0 aliphatic heterocycles. The second-order valence-electron chi connectivity index (χ2n) is 5.38. The van der Waals surface area contributed by atoms with Gasteiger partial charge < -0.3 is 5.32 Å². The fraction of sp³-hybridized carbons (Fsp3) is 0.235. The van der Waals surface area contributed by atoms with Gasteiger partial charge in [-0.3, -0.25) is 0 Å². The van der Waals surface area contributed by atoms with Crippen LogP contribution in [0.4, 0.5) is 5.13 Å². The van der Waals surface area contributed by atoms with E-state index in [1.165, 1.54) is 15.8 Å². The zero-order chi connectivity index (χ0) is 14.8. The van der Waals surface area contributed by atoms with Gasteiger partial charge in [0.15, 0.2) is 5.13 Å². The second kappa shape index (κ2) is 6.16. The van der Waals surface area contributed by atoms with Crippen LogP contribution < -0.4 is 5.32 Å². The summed E-state index contributed by atoms with van der Waals surface area (Å²) in [6.45, 7) is 5.23. The Kier molecular flexibility index (Phi) is 4.27. The molecule has 108 valence electrons. The molecule has 0 unspecified atom stereocenters. The SMILES string of the molecule is CC(C)c1ccc(CNc2nc3ccc(Br)cc3s2)cc1. The number of rotatable bonds is 4. The zero-order valence-electron chi connectivity index (χ0n) is 12.1. The molecule has 0 bridgehead atoms. The largest absolute Gasteiger partial charge is 0.357 e. The van der Waals surface area contributed by atoms with Crippen LogP contribution in [0.2, 0.25) is 0 Å². The molecular weight excluding hydrogens is 344 g/mol. The van der Waals surface area contributed by atoms with Crippen molar-refractivity contribution in [2.45, 2.75) is 26.3 Å². The van der Waals surface area contributed by atoms with Gasteiger partial charge in [-0.25, -0.2) is 4.98 Å². The quantitative estimate of drug-likeness (QED) is 0.636. The third-order valence-electron chi connectivity index (χ3n) is 3.44. The molecule has 0 aliphatic rings. The van der Waals surface area contributed by atoms with E-state index in [4.69, 9.17) is 0 Å². The van der Waals surface area contributed by atoms with E-state index in [0.717, 1.165) is 21.7 Å². The molecule has 1 N–H and O–H groups in total. The van der Waals surface area contributed by atoms with Gasteiger partial charge >= 0.3 is 0 Å². The number of benzene rings is 2. The minimum Gasteiger partial charge on any atom is -0.357 e. The molecule has 0 atom stereocenters. The Morgan fingerprint density at radius 1 is 1.14 bits per heavy atom. The first-order valence-corrected chi connectivity index (χ1v) is 8.61. The summed E-state index contributed by atoms with van der Waals surface area (Å²) in [5.74, 6) is 0.578. The van der Waals surface area contributed by atoms with E-state index in [1.54, 1.807) is 11.3 Å². The van der Waals surface area contributed by atoms with Gasteiger partial charge in [0.05, 0.1) is 10.2 Å². The summed E-state index contributed by atoms with van der Waals surface area (Å²) in [5, 5.41) is 4.38. The molecule has 2 nitrogen and oxygen atoms in total. The van der Waals surface area contributed by atoms with Crippen LogP contribution >= 0.6 is 27.3 Å². The van der Waals surface area contributed by atoms with Crippen LogP contribution in [0.5, 0.6) is 0 Å². The summed E-state index contributed by atoms with van der Waals surface area (Å²) in [6, 6.07) is 15.0. The monoisotopic (exact) mass is 360 g/mol. The van der Waals surface area contributed by atoms with E-state index in [0.29, 0.717) is 5.92 Å². The maximum atomic E-state index is 4.60. The molecule has 0 saturated heterocycles. The highest BCUT2D eigenvalue weighted by molar-refractivity contribution is 9.10. The predicted octanol–water partition coefficient (Wildman–Crippen LogP) is 5.79. The summed E-state index contributed by atoms with van der Waals surface area (Å²) in [5.41, 5.74) is 3.70. The molecule has 3 rings (SSSR count). The molecule has 21 heavy (non-hydrogen) atoms. The number of hydrogen-bond acceptors (Lipinski definition) is 3. The molecule has 0 fully saturated rings. The smallest absolute Gasteiger partial charge is 0.184 e. The highest BCUT2D eigenvalue weighted by atomic mass is 79.9. The number of halogens is 1. The maximum Gasteiger partial charge on any atom is 0.184 e. The number of nitrogens with zero attached hydrogens (tertiary/aromatic N) is 1. The lowest BCUT2D eigenvalue weighted by molar-refractivity contribution is 0.865. The van der Waals surface area contributed by atoms with Gasteiger partial charge in [-0.05, 0) is 35.2 Å². The lowest BCUT2D eigenvalue weighted by atomic mass is 10.0. The molecule has 2 aromatic carbocycles. The number of aromatic nitrogens is 1. The van der Waals surface area contributed by atoms with E-state index in [2.05, 4.69) is 70.4 Å². The number of fused-ring (bicyclic) bond motifs is 1. The second-order valence-corrected chi connectivity index (χ2v) is 7.33. The third kappa shape index (κ3) is 3.44. The van der Waals surface area contributed by atoms with Crippen LogP contribution in [0.15, 0.2) is 46.9 Å². The predicted molar refractivity (Wildman–Crippen MR) is 95.2 cm³/mol. The van der Waals surface area contributed by atoms with Crippen molar-refractivity contribution >= 4 is 42.6 Å². The molecule has 0 spiro atoms. The van der Waals surface area contributed by atoms with E-state index in [9.17, 15) is 0 Å². The first-order chi connectivity index (χ1) is 10.1. The van der Waals surface area contributed by atoms with Crippen molar-refractivity contribution in [2.75, 3.05) is 5.32 Å². The molecule has 4 heteroatoms. The van der Waals surface area contributed by atoms with Crippen LogP contribution in [0.25, 0.3) is 10.2 Å². The van der Waals surface area contributed by atoms with E-state index in [-0.39, 0.29) is 0 Å². The Bertz CT molecular complexity index is 747. The van der Waals surface area contributed by atoms with E-state index >= 15 is 0 Å². The normalized spacial score (nSPS) is 11.2. The number of nitrogens with one attached hydrogen (secondary N) is 1. The minimum absolute atomic E-state index is 0.578. The fourth-order valence-electron chi connectivity index (χ4n) is 2.17. The number of hydrogen-bond donors (Lipinski definition) is 1. The zero-order valence-corrected chi connectivity index (χ0v) is 14.5. The average molecular weight is 361 g/mol. The third-order valence-corrected chi connectivity index (χ3v) is 4.91. The summed E-state index contributed by atoms with van der Waals surface area (Å²) in [7, 11) is 0. The Labute approximate surface area is 137 Å². The van der Waals surface area contributed by atoms with Crippen molar-refractivity contribution in [2.24, 2.45) is 0 Å². The number of anilines is 1. The standard InChI is InChI=1S/C17H17BrN2S/c1-11(2)13-5-3-12(4-6-13)10-19-17-20-15-8-7-14(18)9-16(15)21-17/h3-9,11H,10H2,1-2H3,(H,19,20). The highest BCUT2D eigenvalue weighted by Crippen LogP contribution is 2.28. The van der Waals surface area contributed by atoms with Gasteiger partial charge in [-0.1, -0.05) is 65.4 Å². The summed E-state index contributed by atoms with van der Waals surface area (Å²) >= 11 is 5.18. The molecular formula is C17H17BrN2S. The van der Waals surface area contributed by atoms with Gasteiger partial charge in [0, 0.05) is 11.0 Å². The van der Waals surface area contributed by atoms with Gasteiger partial charge in [-0.15, -0.1) is 0 Å². The maximum absolute atomic E-state index is 4.60. The van der Waals surface area contributed by atoms with Crippen molar-refractivity contribution in [1.29, 1.82) is 0 Å². The topological polar surface area (TPSA) is 24.9 Å². The van der Waals surface area contributed by atoms with Crippen LogP contribution in [0.3, 0.4) is 0 Å². The lowest BCUT2D eigenvalue weighted by Gasteiger charge is -2.07. The van der Waals surface area contributed by atoms with Crippen LogP contribution in [0, 0.1) is 0 Å². The van der Waals surface area contributed by atoms with Crippen molar-refractivity contribution < 1.29 is 0 Å². The Morgan fingerprint density at radius 3 is 2.62 bits per heavy atom. The summed E-state index contributed by atoms with van der Waals surface area (Å²) in [6.07, 6.45) is 0. The van der Waals surface area contributed by atoms with E-state index < -0.39 is 0 Å². The van der Waals surface area contributed by atoms with Gasteiger partial charge in [-0.2, -0.15) is 0 Å². The van der Waals surface area contributed by atoms with Crippen molar-refractivity contribution in [3.63, 3.8) is 0 Å². The molecule has 0 radical (unpaired) electrons. The Balaban J connectivity index is 1.71. The van der Waals surface area contributed by atoms with Gasteiger partial charge in [0.25, 0.3) is 0 Å². The minimum atomic E-state index is 0.578. The number of thiazole rings is 1. The fourth-order valence-corrected chi connectivity index (χ4v) is 3.59. The van der Waals surface area contributed by atoms with E-state index in [1.807, 2.05) is 12.1 Å². The molecule has 0 aliphatic carbocycles. The lowest BCUT2D eigenvalue weighted by Crippen LogP contribution is -1.99. The molecule has 3 aromatic rings. The first kappa shape index (κ1) is 14.5. The van der Waals surface area contributed by atoms with Crippen LogP contribution in [-0.4, -0.2) is 4.98 Å². The average Bonchev–Trinajstić information content (AvgIpc) is 2.87. The van der Waals surface area contributed by atoms with Crippen LogP contribution in [0.1, 0.15) is 30.9 Å². The molecule has 0 amide bonds. The highest BCUT2D eigenvalue weighted by Gasteiger charge is 2.04. The summed E-state index contributed by atoms with van der Waals surface area (Å²) in [4.78, 5) is 4.60. The van der Waals surface area contributed by atoms with Crippen LogP contribution in [-0.2, 0) is 6.54 Å². The first-order valence-electron chi connectivity index (χ1n) is 7.00. The van der Waals surface area contributed by atoms with Crippen molar-refractivity contribution in [3.8, 4) is 0 Å².